The van der Waals surface area contributed by atoms with Crippen molar-refractivity contribution in [2.75, 3.05) is 47.6 Å². The normalized spacial score (nSPS) is 18.8. The second-order valence-corrected chi connectivity index (χ2v) is 17.7. The van der Waals surface area contributed by atoms with Gasteiger partial charge in [-0.15, -0.1) is 0 Å². The number of amides is 4. The van der Waals surface area contributed by atoms with Gasteiger partial charge in [0, 0.05) is 49.4 Å². The second-order valence-electron chi connectivity index (χ2n) is 17.7. The minimum atomic E-state index is -4.61. The van der Waals surface area contributed by atoms with E-state index in [2.05, 4.69) is 20.6 Å². The van der Waals surface area contributed by atoms with E-state index in [1.165, 1.54) is 14.2 Å². The van der Waals surface area contributed by atoms with Crippen molar-refractivity contribution < 1.29 is 51.3 Å². The van der Waals surface area contributed by atoms with E-state index in [1.54, 1.807) is 65.6 Å². The Bertz CT molecular complexity index is 2710. The van der Waals surface area contributed by atoms with Gasteiger partial charge in [-0.25, -0.2) is 14.6 Å². The quantitative estimate of drug-likeness (QED) is 0.0986. The van der Waals surface area contributed by atoms with Gasteiger partial charge >= 0.3 is 18.4 Å². The number of hydrogen-bond donors (Lipinski definition) is 3. The number of fused-ring (bicyclic) bond motifs is 3. The van der Waals surface area contributed by atoms with E-state index in [4.69, 9.17) is 23.9 Å². The van der Waals surface area contributed by atoms with Gasteiger partial charge in [0.2, 0.25) is 5.91 Å². The smallest absolute Gasteiger partial charge is 0.422 e. The number of alkyl carbamates (subject to hydrolysis) is 2. The number of benzene rings is 4. The highest BCUT2D eigenvalue weighted by Gasteiger charge is 2.43. The van der Waals surface area contributed by atoms with E-state index in [1.807, 2.05) is 50.2 Å². The van der Waals surface area contributed by atoms with Crippen molar-refractivity contribution in [3.63, 3.8) is 0 Å². The van der Waals surface area contributed by atoms with Crippen LogP contribution in [0.15, 0.2) is 90.1 Å². The first-order valence-corrected chi connectivity index (χ1v) is 22.5. The molecule has 4 aromatic carbocycles. The zero-order chi connectivity index (χ0) is 48.3. The van der Waals surface area contributed by atoms with Crippen molar-refractivity contribution in [1.29, 1.82) is 0 Å². The van der Waals surface area contributed by atoms with E-state index in [-0.39, 0.29) is 35.4 Å². The van der Waals surface area contributed by atoms with Gasteiger partial charge in [-0.2, -0.15) is 13.2 Å². The molecule has 68 heavy (non-hydrogen) atoms. The van der Waals surface area contributed by atoms with Crippen molar-refractivity contribution in [3.8, 4) is 28.1 Å². The Kier molecular flexibility index (Phi) is 14.1. The number of hydrogen-bond acceptors (Lipinski definition) is 10. The average Bonchev–Trinajstić information content (AvgIpc) is 4.18. The molecule has 358 valence electrons. The number of carbonyl (C=O) groups is 4. The van der Waals surface area contributed by atoms with Gasteiger partial charge in [0.05, 0.1) is 50.5 Å². The number of halogens is 3. The fourth-order valence-electron chi connectivity index (χ4n) is 9.58. The van der Waals surface area contributed by atoms with E-state index in [9.17, 15) is 32.3 Å². The molecule has 5 atom stereocenters. The minimum Gasteiger partial charge on any atom is -0.483 e. The van der Waals surface area contributed by atoms with Crippen LogP contribution in [0.5, 0.6) is 5.75 Å². The number of methoxy groups -OCH3 is 3. The summed E-state index contributed by atoms with van der Waals surface area (Å²) in [5.74, 6) is -0.200. The molecule has 3 aliphatic heterocycles. The standard InChI is InChI=1S/C50H54F3N7O8/c1-28(2)43(57-48(63)66-4)46(61)60-25-29(26-65-3)20-41(60)38-23-36-34-16-13-32(21-31(34)15-18-37(36)55-38)35-17-14-33(22-42(35)68-27-50(51,52)53)39-24-54-45(56-39)40-12-9-19-59(40)47(62)44(58-49(64)67-5)30-10-7-6-8-11-30/h6-8,10-11,13-18,21-22,24,28-29,40-41,43-44H,9,12,19-20,23,25-27H2,1-5H3,(H,54,56)(H,57,63)(H,58,64)/t29-,40-,41-,43-,44+/m0/s1. The Labute approximate surface area is 391 Å². The Balaban J connectivity index is 1.05. The molecule has 4 heterocycles. The molecule has 3 N–H and O–H groups in total. The minimum absolute atomic E-state index is 0.0114. The number of carbonyl (C=O) groups excluding carboxylic acids is 4. The summed E-state index contributed by atoms with van der Waals surface area (Å²) in [7, 11) is 4.11. The largest absolute Gasteiger partial charge is 0.483 e. The molecule has 0 radical (unpaired) electrons. The van der Waals surface area contributed by atoms with E-state index >= 15 is 0 Å². The highest BCUT2D eigenvalue weighted by molar-refractivity contribution is 6.06. The van der Waals surface area contributed by atoms with Crippen LogP contribution in [0.2, 0.25) is 0 Å². The lowest BCUT2D eigenvalue weighted by Crippen LogP contribution is -2.53. The number of nitrogens with one attached hydrogen (secondary N) is 3. The number of aromatic nitrogens is 2. The summed E-state index contributed by atoms with van der Waals surface area (Å²) < 4.78 is 61.8. The summed E-state index contributed by atoms with van der Waals surface area (Å²) in [5, 5.41) is 7.11. The lowest BCUT2D eigenvalue weighted by atomic mass is 9.94. The van der Waals surface area contributed by atoms with E-state index < -0.39 is 43.1 Å². The molecule has 18 heteroatoms. The number of rotatable bonds is 14. The van der Waals surface area contributed by atoms with Gasteiger partial charge in [-0.05, 0) is 76.9 Å². The van der Waals surface area contributed by atoms with Crippen molar-refractivity contribution in [2.24, 2.45) is 16.8 Å². The van der Waals surface area contributed by atoms with Crippen molar-refractivity contribution in [2.45, 2.75) is 69.9 Å². The summed E-state index contributed by atoms with van der Waals surface area (Å²) in [4.78, 5) is 69.1. The van der Waals surface area contributed by atoms with Crippen LogP contribution in [0, 0.1) is 11.8 Å². The zero-order valence-corrected chi connectivity index (χ0v) is 38.4. The monoisotopic (exact) mass is 937 g/mol. The van der Waals surface area contributed by atoms with Crippen molar-refractivity contribution in [3.05, 3.63) is 102 Å². The fraction of sp³-hybridized carbons (Fsp3) is 0.400. The first-order valence-electron chi connectivity index (χ1n) is 22.5. The van der Waals surface area contributed by atoms with Crippen molar-refractivity contribution in [1.82, 2.24) is 30.4 Å². The fourth-order valence-corrected chi connectivity index (χ4v) is 9.58. The number of imidazole rings is 1. The number of aromatic amines is 1. The van der Waals surface area contributed by atoms with Crippen LogP contribution >= 0.6 is 0 Å². The maximum absolute atomic E-state index is 14.1. The molecular weight excluding hydrogens is 884 g/mol. The summed E-state index contributed by atoms with van der Waals surface area (Å²) in [6, 6.07) is 20.8. The highest BCUT2D eigenvalue weighted by atomic mass is 19.4. The van der Waals surface area contributed by atoms with Crippen LogP contribution < -0.4 is 15.4 Å². The molecule has 1 aromatic heterocycles. The molecular formula is C50H54F3N7O8. The summed E-state index contributed by atoms with van der Waals surface area (Å²) in [5.41, 5.74) is 5.25. The Morgan fingerprint density at radius 1 is 0.868 bits per heavy atom. The van der Waals surface area contributed by atoms with E-state index in [0.29, 0.717) is 79.2 Å². The Hall–Kier alpha value is -6.95. The van der Waals surface area contributed by atoms with Crippen LogP contribution in [0.3, 0.4) is 0 Å². The molecule has 0 saturated carbocycles. The number of ether oxygens (including phenoxy) is 4. The number of aliphatic imine (C=N–C) groups is 1. The van der Waals surface area contributed by atoms with Crippen LogP contribution in [-0.2, 0) is 30.2 Å². The molecule has 4 amide bonds. The van der Waals surface area contributed by atoms with Gasteiger partial charge in [0.1, 0.15) is 23.7 Å². The topological polar surface area (TPSA) is 177 Å². The highest BCUT2D eigenvalue weighted by Crippen LogP contribution is 2.42. The number of likely N-dealkylation sites (tertiary alicyclic amines) is 2. The predicted molar refractivity (Wildman–Crippen MR) is 247 cm³/mol. The lowest BCUT2D eigenvalue weighted by molar-refractivity contribution is -0.153. The number of alkyl halides is 3. The number of nitrogens with zero attached hydrogens (tertiary/aromatic N) is 4. The Morgan fingerprint density at radius 3 is 2.34 bits per heavy atom. The third-order valence-corrected chi connectivity index (χ3v) is 12.8. The molecule has 2 fully saturated rings. The molecule has 3 aliphatic rings. The first kappa shape index (κ1) is 47.5. The molecule has 0 unspecified atom stereocenters. The summed E-state index contributed by atoms with van der Waals surface area (Å²) in [6.45, 7) is 3.53. The molecule has 15 nitrogen and oxygen atoms in total. The summed E-state index contributed by atoms with van der Waals surface area (Å²) in [6.07, 6.45) is -2.07. The maximum Gasteiger partial charge on any atom is 0.422 e. The maximum atomic E-state index is 14.1. The van der Waals surface area contributed by atoms with Crippen LogP contribution in [0.4, 0.5) is 28.4 Å². The van der Waals surface area contributed by atoms with Gasteiger partial charge < -0.3 is 44.4 Å². The first-order chi connectivity index (χ1) is 32.7. The average molecular weight is 938 g/mol. The van der Waals surface area contributed by atoms with Crippen LogP contribution in [0.25, 0.3) is 33.2 Å². The van der Waals surface area contributed by atoms with Crippen molar-refractivity contribution >= 4 is 46.2 Å². The van der Waals surface area contributed by atoms with Gasteiger partial charge in [-0.3, -0.25) is 14.6 Å². The van der Waals surface area contributed by atoms with Crippen LogP contribution in [-0.4, -0.2) is 115 Å². The predicted octanol–water partition coefficient (Wildman–Crippen LogP) is 8.47. The third-order valence-electron chi connectivity index (χ3n) is 12.8. The molecule has 8 rings (SSSR count). The molecule has 0 bridgehead atoms. The lowest BCUT2D eigenvalue weighted by Gasteiger charge is -2.31. The van der Waals surface area contributed by atoms with E-state index in [0.717, 1.165) is 27.7 Å². The second kappa shape index (κ2) is 20.1. The van der Waals surface area contributed by atoms with Gasteiger partial charge in [0.15, 0.2) is 6.61 Å². The van der Waals surface area contributed by atoms with Gasteiger partial charge in [0.25, 0.3) is 5.91 Å². The molecule has 0 spiro atoms. The summed E-state index contributed by atoms with van der Waals surface area (Å²) >= 11 is 0. The Morgan fingerprint density at radius 2 is 1.62 bits per heavy atom. The third kappa shape index (κ3) is 10.1. The SMILES string of the molecule is COC[C@H]1C[C@@H](C2=Nc3ccc4cc(-c5ccc(-c6cnc([C@@H]7CCCN7C(=O)[C@H](NC(=O)OC)c7ccccc7)[nH]6)cc5OCC(F)(F)F)ccc4c3C2)N(C(=O)[C@@H](NC(=O)OC)C(C)C)C1. The van der Waals surface area contributed by atoms with Crippen LogP contribution in [0.1, 0.15) is 62.1 Å². The zero-order valence-electron chi connectivity index (χ0n) is 38.4. The molecule has 2 saturated heterocycles. The molecule has 5 aromatic rings. The number of H-pyrrole nitrogens is 1. The van der Waals surface area contributed by atoms with Gasteiger partial charge in [-0.1, -0.05) is 68.4 Å². The molecule has 0 aliphatic carbocycles.